The zero-order chi connectivity index (χ0) is 35.9. The number of nitrogens with zero attached hydrogens (tertiary/aromatic N) is 3. The lowest BCUT2D eigenvalue weighted by Crippen LogP contribution is -2.61. The van der Waals surface area contributed by atoms with Crippen LogP contribution in [0, 0.1) is 0 Å². The number of esters is 4. The zero-order valence-corrected chi connectivity index (χ0v) is 27.5. The number of aromatic nitrogens is 3. The van der Waals surface area contributed by atoms with Crippen LogP contribution in [0.2, 0.25) is 0 Å². The Morgan fingerprint density at radius 2 is 0.942 bits per heavy atom. The minimum Gasteiger partial charge on any atom is -0.459 e. The van der Waals surface area contributed by atoms with Crippen LogP contribution in [0.25, 0.3) is 11.0 Å². The number of hydrogen-bond donors (Lipinski definition) is 0. The summed E-state index contributed by atoms with van der Waals surface area (Å²) < 4.78 is 32.1. The molecule has 2 heterocycles. The van der Waals surface area contributed by atoms with Gasteiger partial charge in [0.1, 0.15) is 18.2 Å². The maximum Gasteiger partial charge on any atom is 0.338 e. The molecule has 1 saturated heterocycles. The largest absolute Gasteiger partial charge is 0.459 e. The van der Waals surface area contributed by atoms with Gasteiger partial charge in [-0.3, -0.25) is 0 Å². The third kappa shape index (κ3) is 7.42. The predicted octanol–water partition coefficient (Wildman–Crippen LogP) is 5.86. The molecule has 12 nitrogen and oxygen atoms in total. The minimum absolute atomic E-state index is 0.185. The molecule has 6 aromatic rings. The van der Waals surface area contributed by atoms with Gasteiger partial charge in [0.15, 0.2) is 24.5 Å². The van der Waals surface area contributed by atoms with E-state index >= 15 is 0 Å². The standard InChI is InChI=1S/C40H31N3O9/c44-37(26-15-5-1-6-16-26)48-25-32-33(50-38(45)27-17-7-2-8-18-27)34(51-39(46)28-19-9-3-10-20-28)35(52-40(47)29-21-11-4-12-22-29)36(49-32)43-31-24-14-13-23-30(31)41-42-43/h1-24,32-36H,25H2/t32-,33-,34+,35-,36-/m1/s1. The summed E-state index contributed by atoms with van der Waals surface area (Å²) in [6.45, 7) is -0.456. The lowest BCUT2D eigenvalue weighted by Gasteiger charge is -2.44. The van der Waals surface area contributed by atoms with Crippen molar-refractivity contribution in [1.82, 2.24) is 15.0 Å². The lowest BCUT2D eigenvalue weighted by atomic mass is 9.96. The monoisotopic (exact) mass is 697 g/mol. The summed E-state index contributed by atoms with van der Waals surface area (Å²) in [6.07, 6.45) is -7.05. The van der Waals surface area contributed by atoms with E-state index in [0.29, 0.717) is 11.0 Å². The number of benzene rings is 5. The van der Waals surface area contributed by atoms with E-state index < -0.39 is 61.1 Å². The molecule has 1 fully saturated rings. The van der Waals surface area contributed by atoms with Crippen molar-refractivity contribution >= 4 is 34.9 Å². The molecule has 1 aliphatic heterocycles. The first-order chi connectivity index (χ1) is 25.5. The Morgan fingerprint density at radius 3 is 1.46 bits per heavy atom. The maximum atomic E-state index is 13.8. The normalized spacial score (nSPS) is 19.7. The smallest absolute Gasteiger partial charge is 0.338 e. The van der Waals surface area contributed by atoms with E-state index in [1.807, 2.05) is 0 Å². The number of rotatable bonds is 10. The van der Waals surface area contributed by atoms with Crippen LogP contribution in [-0.4, -0.2) is 69.9 Å². The molecule has 260 valence electrons. The first-order valence-corrected chi connectivity index (χ1v) is 16.4. The quantitative estimate of drug-likeness (QED) is 0.125. The van der Waals surface area contributed by atoms with Gasteiger partial charge in [0.25, 0.3) is 0 Å². The molecule has 0 unspecified atom stereocenters. The van der Waals surface area contributed by atoms with Crippen molar-refractivity contribution in [3.05, 3.63) is 168 Å². The Labute approximate surface area is 297 Å². The topological polar surface area (TPSA) is 145 Å². The van der Waals surface area contributed by atoms with Crippen molar-refractivity contribution in [3.63, 3.8) is 0 Å². The summed E-state index contributed by atoms with van der Waals surface area (Å²) in [5.41, 5.74) is 1.86. The summed E-state index contributed by atoms with van der Waals surface area (Å²) in [6, 6.07) is 39.9. The highest BCUT2D eigenvalue weighted by Crippen LogP contribution is 2.37. The Morgan fingerprint density at radius 1 is 0.519 bits per heavy atom. The molecule has 0 saturated carbocycles. The third-order valence-electron chi connectivity index (χ3n) is 8.37. The van der Waals surface area contributed by atoms with Crippen LogP contribution in [0.5, 0.6) is 0 Å². The zero-order valence-electron chi connectivity index (χ0n) is 27.5. The van der Waals surface area contributed by atoms with Gasteiger partial charge >= 0.3 is 23.9 Å². The van der Waals surface area contributed by atoms with Gasteiger partial charge in [-0.25, -0.2) is 23.9 Å². The number of carbonyl (C=O) groups is 4. The van der Waals surface area contributed by atoms with Gasteiger partial charge in [0, 0.05) is 0 Å². The second-order valence-corrected chi connectivity index (χ2v) is 11.8. The van der Waals surface area contributed by atoms with E-state index in [2.05, 4.69) is 10.3 Å². The van der Waals surface area contributed by atoms with Crippen LogP contribution in [0.1, 0.15) is 47.7 Å². The van der Waals surface area contributed by atoms with Crippen LogP contribution in [0.3, 0.4) is 0 Å². The molecule has 0 N–H and O–H groups in total. The van der Waals surface area contributed by atoms with Gasteiger partial charge in [-0.15, -0.1) is 5.10 Å². The fourth-order valence-electron chi connectivity index (χ4n) is 5.82. The summed E-state index contributed by atoms with van der Waals surface area (Å²) in [4.78, 5) is 54.4. The van der Waals surface area contributed by atoms with Gasteiger partial charge in [0.05, 0.1) is 27.8 Å². The Balaban J connectivity index is 1.34. The first-order valence-electron chi connectivity index (χ1n) is 16.4. The van der Waals surface area contributed by atoms with Crippen molar-refractivity contribution in [1.29, 1.82) is 0 Å². The third-order valence-corrected chi connectivity index (χ3v) is 8.37. The summed E-state index contributed by atoms with van der Waals surface area (Å²) in [5, 5.41) is 8.59. The number of fused-ring (bicyclic) bond motifs is 1. The molecular weight excluding hydrogens is 666 g/mol. The molecule has 0 amide bonds. The van der Waals surface area contributed by atoms with Crippen molar-refractivity contribution in [3.8, 4) is 0 Å². The number of ether oxygens (including phenoxy) is 5. The number of para-hydroxylation sites is 1. The highest BCUT2D eigenvalue weighted by Gasteiger charge is 2.54. The van der Waals surface area contributed by atoms with E-state index in [-0.39, 0.29) is 22.3 Å². The molecular formula is C40H31N3O9. The van der Waals surface area contributed by atoms with Crippen LogP contribution in [-0.2, 0) is 23.7 Å². The molecule has 0 bridgehead atoms. The van der Waals surface area contributed by atoms with Gasteiger partial charge in [-0.2, -0.15) is 0 Å². The molecule has 1 aromatic heterocycles. The summed E-state index contributed by atoms with van der Waals surface area (Å²) in [5.74, 6) is -3.02. The average molecular weight is 698 g/mol. The Hall–Kier alpha value is -6.66. The van der Waals surface area contributed by atoms with Crippen molar-refractivity contribution < 1.29 is 42.9 Å². The molecule has 0 spiro atoms. The average Bonchev–Trinajstić information content (AvgIpc) is 3.63. The molecule has 7 rings (SSSR count). The Kier molecular flexibility index (Phi) is 10.1. The van der Waals surface area contributed by atoms with E-state index in [1.165, 1.54) is 4.68 Å². The molecule has 12 heteroatoms. The van der Waals surface area contributed by atoms with Crippen molar-refractivity contribution in [2.24, 2.45) is 0 Å². The van der Waals surface area contributed by atoms with E-state index in [4.69, 9.17) is 23.7 Å². The minimum atomic E-state index is -1.52. The second-order valence-electron chi connectivity index (χ2n) is 11.8. The number of hydrogen-bond acceptors (Lipinski definition) is 11. The molecule has 52 heavy (non-hydrogen) atoms. The fraction of sp³-hybridized carbons (Fsp3) is 0.150. The maximum absolute atomic E-state index is 13.8. The van der Waals surface area contributed by atoms with Crippen molar-refractivity contribution in [2.45, 2.75) is 30.6 Å². The van der Waals surface area contributed by atoms with Crippen LogP contribution in [0.4, 0.5) is 0 Å². The van der Waals surface area contributed by atoms with Gasteiger partial charge in [-0.05, 0) is 60.7 Å². The molecule has 0 aliphatic carbocycles. The number of carbonyl (C=O) groups excluding carboxylic acids is 4. The first kappa shape index (κ1) is 33.8. The summed E-state index contributed by atoms with van der Waals surface area (Å²) >= 11 is 0. The highest BCUT2D eigenvalue weighted by molar-refractivity contribution is 5.91. The van der Waals surface area contributed by atoms with Crippen LogP contribution in [0.15, 0.2) is 146 Å². The predicted molar refractivity (Wildman–Crippen MR) is 185 cm³/mol. The van der Waals surface area contributed by atoms with Gasteiger partial charge < -0.3 is 23.7 Å². The van der Waals surface area contributed by atoms with Crippen molar-refractivity contribution in [2.75, 3.05) is 6.61 Å². The molecule has 0 radical (unpaired) electrons. The van der Waals surface area contributed by atoms with E-state index in [1.54, 1.807) is 146 Å². The molecule has 5 aromatic carbocycles. The lowest BCUT2D eigenvalue weighted by molar-refractivity contribution is -0.251. The van der Waals surface area contributed by atoms with Crippen LogP contribution < -0.4 is 0 Å². The van der Waals surface area contributed by atoms with E-state index in [0.717, 1.165) is 0 Å². The van der Waals surface area contributed by atoms with Gasteiger partial charge in [0.2, 0.25) is 0 Å². The Bertz CT molecular complexity index is 2160. The summed E-state index contributed by atoms with van der Waals surface area (Å²) in [7, 11) is 0. The van der Waals surface area contributed by atoms with E-state index in [9.17, 15) is 19.2 Å². The highest BCUT2D eigenvalue weighted by atomic mass is 16.7. The van der Waals surface area contributed by atoms with Crippen LogP contribution >= 0.6 is 0 Å². The fourth-order valence-corrected chi connectivity index (χ4v) is 5.82. The molecule has 5 atom stereocenters. The SMILES string of the molecule is O=C(OC[C@H]1O[C@@H](n2nnc3ccccc32)[C@H](OC(=O)c2ccccc2)[C@@H](OC(=O)c2ccccc2)[C@@H]1OC(=O)c1ccccc1)c1ccccc1. The molecule has 1 aliphatic rings. The second kappa shape index (κ2) is 15.5. The van der Waals surface area contributed by atoms with Gasteiger partial charge in [-0.1, -0.05) is 90.1 Å².